The van der Waals surface area contributed by atoms with Gasteiger partial charge in [0.2, 0.25) is 0 Å². The van der Waals surface area contributed by atoms with Crippen LogP contribution in [0.4, 0.5) is 0 Å². The molecule has 39 heavy (non-hydrogen) atoms. The number of halogens is 2. The van der Waals surface area contributed by atoms with E-state index in [0.29, 0.717) is 46.4 Å². The van der Waals surface area contributed by atoms with Gasteiger partial charge in [0.15, 0.2) is 0 Å². The zero-order chi connectivity index (χ0) is 27.6. The summed E-state index contributed by atoms with van der Waals surface area (Å²) in [6.45, 7) is 2.80. The topological polar surface area (TPSA) is 86.2 Å². The molecule has 1 N–H and O–H groups in total. The minimum Gasteiger partial charge on any atom is -0.494 e. The minimum absolute atomic E-state index is 0.289. The van der Waals surface area contributed by atoms with E-state index in [1.165, 1.54) is 6.21 Å². The number of rotatable bonds is 10. The zero-order valence-corrected chi connectivity index (χ0v) is 23.2. The Morgan fingerprint density at radius 2 is 1.51 bits per heavy atom. The summed E-state index contributed by atoms with van der Waals surface area (Å²) in [6.07, 6.45) is 1.41. The largest absolute Gasteiger partial charge is 0.494 e. The van der Waals surface area contributed by atoms with E-state index in [0.717, 1.165) is 10.0 Å². The van der Waals surface area contributed by atoms with Crippen molar-refractivity contribution in [1.82, 2.24) is 5.43 Å². The van der Waals surface area contributed by atoms with Gasteiger partial charge in [0.1, 0.15) is 23.9 Å². The van der Waals surface area contributed by atoms with Crippen LogP contribution >= 0.6 is 27.5 Å². The van der Waals surface area contributed by atoms with Crippen LogP contribution in [-0.4, -0.2) is 24.7 Å². The number of hydrogen-bond donors (Lipinski definition) is 1. The van der Waals surface area contributed by atoms with Crippen molar-refractivity contribution in [1.29, 1.82) is 0 Å². The predicted molar refractivity (Wildman–Crippen MR) is 154 cm³/mol. The summed E-state index contributed by atoms with van der Waals surface area (Å²) in [5.74, 6) is 0.646. The lowest BCUT2D eigenvalue weighted by Crippen LogP contribution is -2.17. The molecule has 0 fully saturated rings. The van der Waals surface area contributed by atoms with Gasteiger partial charge in [-0.1, -0.05) is 39.7 Å². The van der Waals surface area contributed by atoms with Crippen molar-refractivity contribution in [3.05, 3.63) is 123 Å². The van der Waals surface area contributed by atoms with Crippen LogP contribution in [0, 0.1) is 0 Å². The highest BCUT2D eigenvalue weighted by Crippen LogP contribution is 2.23. The number of ether oxygens (including phenoxy) is 3. The van der Waals surface area contributed by atoms with Crippen LogP contribution in [0.1, 0.15) is 38.8 Å². The first kappa shape index (κ1) is 27.9. The zero-order valence-electron chi connectivity index (χ0n) is 20.9. The summed E-state index contributed by atoms with van der Waals surface area (Å²) in [4.78, 5) is 25.2. The van der Waals surface area contributed by atoms with E-state index in [-0.39, 0.29) is 5.75 Å². The van der Waals surface area contributed by atoms with E-state index in [1.54, 1.807) is 78.9 Å². The standard InChI is InChI=1S/C30H24BrClN2O5/c1-2-37-26-14-7-22(8-15-26)30(36)39-28-16-9-24(31)17-23(28)18-33-34-29(35)21-5-12-27(13-6-21)38-19-20-3-10-25(32)11-4-20/h3-18H,2,19H2,1H3,(H,34,35)/b33-18+. The Balaban J connectivity index is 1.35. The van der Waals surface area contributed by atoms with Crippen molar-refractivity contribution in [3.8, 4) is 17.2 Å². The Bertz CT molecular complexity index is 1460. The maximum Gasteiger partial charge on any atom is 0.343 e. The summed E-state index contributed by atoms with van der Waals surface area (Å²) in [5, 5.41) is 4.71. The summed E-state index contributed by atoms with van der Waals surface area (Å²) >= 11 is 9.31. The van der Waals surface area contributed by atoms with Crippen molar-refractivity contribution in [2.45, 2.75) is 13.5 Å². The second-order valence-corrected chi connectivity index (χ2v) is 9.52. The smallest absolute Gasteiger partial charge is 0.343 e. The molecule has 0 bridgehead atoms. The van der Waals surface area contributed by atoms with Crippen molar-refractivity contribution >= 4 is 45.6 Å². The van der Waals surface area contributed by atoms with Gasteiger partial charge in [0, 0.05) is 20.6 Å². The Labute approximate surface area is 239 Å². The number of esters is 1. The minimum atomic E-state index is -0.530. The van der Waals surface area contributed by atoms with Crippen molar-refractivity contribution in [2.24, 2.45) is 5.10 Å². The molecule has 0 radical (unpaired) electrons. The van der Waals surface area contributed by atoms with Crippen LogP contribution in [0.2, 0.25) is 5.02 Å². The third-order valence-corrected chi connectivity index (χ3v) is 6.13. The lowest BCUT2D eigenvalue weighted by molar-refractivity contribution is 0.0734. The number of carbonyl (C=O) groups is 2. The van der Waals surface area contributed by atoms with Crippen molar-refractivity contribution < 1.29 is 23.8 Å². The first-order chi connectivity index (χ1) is 18.9. The maximum atomic E-state index is 12.7. The van der Waals surface area contributed by atoms with Gasteiger partial charge in [-0.15, -0.1) is 0 Å². The van der Waals surface area contributed by atoms with Crippen molar-refractivity contribution in [3.63, 3.8) is 0 Å². The van der Waals surface area contributed by atoms with Gasteiger partial charge in [-0.3, -0.25) is 4.79 Å². The number of carbonyl (C=O) groups excluding carboxylic acids is 2. The number of nitrogens with zero attached hydrogens (tertiary/aromatic N) is 1. The SMILES string of the molecule is CCOc1ccc(C(=O)Oc2ccc(Br)cc2/C=N/NC(=O)c2ccc(OCc3ccc(Cl)cc3)cc2)cc1. The lowest BCUT2D eigenvalue weighted by Gasteiger charge is -2.09. The van der Waals surface area contributed by atoms with Crippen LogP contribution in [-0.2, 0) is 6.61 Å². The summed E-state index contributed by atoms with van der Waals surface area (Å²) < 4.78 is 17.5. The molecule has 0 atom stereocenters. The van der Waals surface area contributed by atoms with Gasteiger partial charge in [-0.2, -0.15) is 5.10 Å². The molecule has 4 aromatic rings. The number of amides is 1. The fourth-order valence-electron chi connectivity index (χ4n) is 3.40. The van der Waals surface area contributed by atoms with Gasteiger partial charge in [0.25, 0.3) is 5.91 Å². The molecular weight excluding hydrogens is 584 g/mol. The number of hydrazone groups is 1. The van der Waals surface area contributed by atoms with E-state index in [9.17, 15) is 9.59 Å². The molecule has 1 amide bonds. The predicted octanol–water partition coefficient (Wildman–Crippen LogP) is 7.06. The number of hydrogen-bond acceptors (Lipinski definition) is 6. The first-order valence-electron chi connectivity index (χ1n) is 12.0. The number of nitrogens with one attached hydrogen (secondary N) is 1. The molecule has 0 heterocycles. The van der Waals surface area contributed by atoms with E-state index in [1.807, 2.05) is 19.1 Å². The normalized spacial score (nSPS) is 10.7. The van der Waals surface area contributed by atoms with Crippen molar-refractivity contribution in [2.75, 3.05) is 6.61 Å². The van der Waals surface area contributed by atoms with Gasteiger partial charge < -0.3 is 14.2 Å². The lowest BCUT2D eigenvalue weighted by atomic mass is 10.2. The Morgan fingerprint density at radius 1 is 0.872 bits per heavy atom. The van der Waals surface area contributed by atoms with Gasteiger partial charge in [0.05, 0.1) is 18.4 Å². The summed E-state index contributed by atoms with van der Waals surface area (Å²) in [5.41, 5.74) is 4.74. The van der Waals surface area contributed by atoms with Crippen LogP contribution in [0.3, 0.4) is 0 Å². The summed E-state index contributed by atoms with van der Waals surface area (Å²) in [6, 6.07) is 25.9. The average Bonchev–Trinajstić information content (AvgIpc) is 2.95. The molecule has 0 aliphatic rings. The first-order valence-corrected chi connectivity index (χ1v) is 13.1. The Kier molecular flexibility index (Phi) is 9.72. The maximum absolute atomic E-state index is 12.7. The fraction of sp³-hybridized carbons (Fsp3) is 0.100. The molecule has 0 aliphatic heterocycles. The van der Waals surface area contributed by atoms with E-state index in [4.69, 9.17) is 25.8 Å². The third-order valence-electron chi connectivity index (χ3n) is 5.38. The molecule has 0 saturated carbocycles. The van der Waals surface area contributed by atoms with E-state index < -0.39 is 11.9 Å². The molecule has 0 aliphatic carbocycles. The fourth-order valence-corrected chi connectivity index (χ4v) is 3.91. The van der Waals surface area contributed by atoms with Gasteiger partial charge >= 0.3 is 5.97 Å². The second kappa shape index (κ2) is 13.6. The third kappa shape index (κ3) is 8.17. The molecule has 0 unspecified atom stereocenters. The van der Waals surface area contributed by atoms with Gasteiger partial charge in [-0.05, 0) is 91.3 Å². The van der Waals surface area contributed by atoms with Crippen LogP contribution < -0.4 is 19.6 Å². The van der Waals surface area contributed by atoms with Crippen LogP contribution in [0.25, 0.3) is 0 Å². The molecular formula is C30H24BrClN2O5. The van der Waals surface area contributed by atoms with Crippen LogP contribution in [0.15, 0.2) is 101 Å². The molecule has 9 heteroatoms. The van der Waals surface area contributed by atoms with Gasteiger partial charge in [-0.25, -0.2) is 10.2 Å². The molecule has 0 saturated heterocycles. The van der Waals surface area contributed by atoms with E-state index in [2.05, 4.69) is 26.5 Å². The second-order valence-electron chi connectivity index (χ2n) is 8.17. The molecule has 7 nitrogen and oxygen atoms in total. The molecule has 0 aromatic heterocycles. The number of benzene rings is 4. The highest BCUT2D eigenvalue weighted by atomic mass is 79.9. The quantitative estimate of drug-likeness (QED) is 0.0903. The summed E-state index contributed by atoms with van der Waals surface area (Å²) in [7, 11) is 0. The molecule has 0 spiro atoms. The Hall–Kier alpha value is -4.14. The highest BCUT2D eigenvalue weighted by Gasteiger charge is 2.12. The monoisotopic (exact) mass is 606 g/mol. The molecule has 4 aromatic carbocycles. The highest BCUT2D eigenvalue weighted by molar-refractivity contribution is 9.10. The van der Waals surface area contributed by atoms with Crippen LogP contribution in [0.5, 0.6) is 17.2 Å². The average molecular weight is 608 g/mol. The van der Waals surface area contributed by atoms with E-state index >= 15 is 0 Å². The molecule has 4 rings (SSSR count). The Morgan fingerprint density at radius 3 is 2.18 bits per heavy atom. The molecule has 198 valence electrons.